The predicted molar refractivity (Wildman–Crippen MR) is 54.3 cm³/mol. The zero-order valence-electron chi connectivity index (χ0n) is 8.68. The molecule has 8 nitrogen and oxygen atoms in total. The smallest absolute Gasteiger partial charge is 0.330 e. The molecule has 17 heavy (non-hydrogen) atoms. The van der Waals surface area contributed by atoms with Gasteiger partial charge in [-0.15, -0.1) is 0 Å². The molecule has 8 heteroatoms. The van der Waals surface area contributed by atoms with E-state index in [4.69, 9.17) is 9.84 Å². The van der Waals surface area contributed by atoms with Crippen molar-refractivity contribution in [2.45, 2.75) is 24.5 Å². The van der Waals surface area contributed by atoms with Gasteiger partial charge in [-0.1, -0.05) is 0 Å². The van der Waals surface area contributed by atoms with Crippen molar-refractivity contribution in [3.05, 3.63) is 33.1 Å². The number of aromatic amines is 1. The van der Waals surface area contributed by atoms with Gasteiger partial charge in [0.15, 0.2) is 6.23 Å². The Morgan fingerprint density at radius 2 is 2.06 bits per heavy atom. The van der Waals surface area contributed by atoms with Crippen LogP contribution in [0.5, 0.6) is 0 Å². The average Bonchev–Trinajstić information content (AvgIpc) is 2.57. The number of nitrogens with one attached hydrogen (secondary N) is 1. The Balaban J connectivity index is 2.35. The van der Waals surface area contributed by atoms with E-state index in [1.54, 1.807) is 0 Å². The lowest BCUT2D eigenvalue weighted by Crippen LogP contribution is -2.37. The molecule has 1 unspecified atom stereocenters. The third-order valence-corrected chi connectivity index (χ3v) is 2.64. The maximum atomic E-state index is 11.4. The van der Waals surface area contributed by atoms with Gasteiger partial charge >= 0.3 is 5.69 Å². The number of rotatable bonds is 2. The van der Waals surface area contributed by atoms with Crippen molar-refractivity contribution in [1.29, 1.82) is 0 Å². The topological polar surface area (TPSA) is 125 Å². The van der Waals surface area contributed by atoms with Gasteiger partial charge in [-0.3, -0.25) is 14.3 Å². The summed E-state index contributed by atoms with van der Waals surface area (Å²) in [6.07, 6.45) is -3.58. The molecule has 2 rings (SSSR count). The fourth-order valence-electron chi connectivity index (χ4n) is 1.74. The number of aliphatic hydroxyl groups is 3. The van der Waals surface area contributed by atoms with Crippen LogP contribution in [0.4, 0.5) is 0 Å². The average molecular weight is 244 g/mol. The van der Waals surface area contributed by atoms with E-state index >= 15 is 0 Å². The van der Waals surface area contributed by atoms with Crippen LogP contribution in [0.3, 0.4) is 0 Å². The molecule has 1 fully saturated rings. The molecular weight excluding hydrogens is 232 g/mol. The molecule has 4 N–H and O–H groups in total. The van der Waals surface area contributed by atoms with Crippen molar-refractivity contribution in [1.82, 2.24) is 9.55 Å². The number of ether oxygens (including phenoxy) is 1. The van der Waals surface area contributed by atoms with Crippen LogP contribution in [0.25, 0.3) is 0 Å². The lowest BCUT2D eigenvalue weighted by atomic mass is 10.1. The van der Waals surface area contributed by atoms with Crippen molar-refractivity contribution in [3.8, 4) is 0 Å². The summed E-state index contributed by atoms with van der Waals surface area (Å²) in [6.45, 7) is -0.479. The first-order chi connectivity index (χ1) is 8.04. The van der Waals surface area contributed by atoms with Crippen LogP contribution in [0, 0.1) is 0 Å². The Hall–Kier alpha value is -1.48. The molecule has 0 aliphatic carbocycles. The molecule has 0 radical (unpaired) electrons. The van der Waals surface area contributed by atoms with Crippen LogP contribution in [0.15, 0.2) is 21.9 Å². The van der Waals surface area contributed by atoms with Crippen LogP contribution in [-0.4, -0.2) is 49.8 Å². The Morgan fingerprint density at radius 1 is 1.35 bits per heavy atom. The highest BCUT2D eigenvalue weighted by molar-refractivity contribution is 4.92. The van der Waals surface area contributed by atoms with Crippen molar-refractivity contribution >= 4 is 0 Å². The van der Waals surface area contributed by atoms with E-state index in [1.165, 1.54) is 0 Å². The van der Waals surface area contributed by atoms with Crippen LogP contribution < -0.4 is 11.2 Å². The third-order valence-electron chi connectivity index (χ3n) is 2.64. The van der Waals surface area contributed by atoms with Gasteiger partial charge in [-0.2, -0.15) is 0 Å². The van der Waals surface area contributed by atoms with Crippen LogP contribution in [0.2, 0.25) is 0 Å². The minimum Gasteiger partial charge on any atom is -0.394 e. The summed E-state index contributed by atoms with van der Waals surface area (Å²) in [6, 6.07) is 1.09. The third kappa shape index (κ3) is 2.03. The van der Waals surface area contributed by atoms with Gasteiger partial charge in [0.05, 0.1) is 6.61 Å². The second-order valence-corrected chi connectivity index (χ2v) is 3.75. The van der Waals surface area contributed by atoms with Gasteiger partial charge in [-0.05, 0) is 0 Å². The number of hydrogen-bond donors (Lipinski definition) is 4. The second-order valence-electron chi connectivity index (χ2n) is 3.75. The zero-order valence-corrected chi connectivity index (χ0v) is 8.68. The van der Waals surface area contributed by atoms with E-state index in [1.807, 2.05) is 4.98 Å². The molecule has 2 heterocycles. The Labute approximate surface area is 94.7 Å². The highest BCUT2D eigenvalue weighted by atomic mass is 16.6. The number of aliphatic hydroxyl groups excluding tert-OH is 3. The molecule has 1 aliphatic rings. The van der Waals surface area contributed by atoms with Gasteiger partial charge in [0, 0.05) is 12.3 Å². The molecule has 0 spiro atoms. The summed E-state index contributed by atoms with van der Waals surface area (Å²) in [5, 5.41) is 28.1. The first-order valence-corrected chi connectivity index (χ1v) is 4.98. The largest absolute Gasteiger partial charge is 0.394 e. The number of H-pyrrole nitrogens is 1. The minimum atomic E-state index is -1.35. The lowest BCUT2D eigenvalue weighted by molar-refractivity contribution is -0.0550. The highest BCUT2D eigenvalue weighted by Crippen LogP contribution is 2.27. The molecule has 0 bridgehead atoms. The van der Waals surface area contributed by atoms with Gasteiger partial charge in [0.2, 0.25) is 0 Å². The standard InChI is InChI=1S/C9H12N2O6/c12-3-4-6(14)7(15)8(17-4)11-2-1-5(13)10-9(11)16/h1-2,4,6-8,12,14-15H,3H2,(H,10,13,16)/t4-,6?,7+,8-/m1/s1. The van der Waals surface area contributed by atoms with E-state index < -0.39 is 42.4 Å². The molecule has 94 valence electrons. The number of nitrogens with zero attached hydrogens (tertiary/aromatic N) is 1. The summed E-state index contributed by atoms with van der Waals surface area (Å²) < 4.78 is 6.08. The molecule has 1 aliphatic heterocycles. The summed E-state index contributed by atoms with van der Waals surface area (Å²) in [7, 11) is 0. The van der Waals surface area contributed by atoms with Gasteiger partial charge in [0.25, 0.3) is 5.56 Å². The maximum absolute atomic E-state index is 11.4. The summed E-state index contributed by atoms with van der Waals surface area (Å²) in [5.74, 6) is 0. The SMILES string of the molecule is O=c1ccn([C@@H]2O[C@H](CO)C(O)[C@@H]2O)c(=O)[nH]1. The lowest BCUT2D eigenvalue weighted by Gasteiger charge is -2.16. The summed E-state index contributed by atoms with van der Waals surface area (Å²) in [5.41, 5.74) is -1.33. The normalized spacial score (nSPS) is 32.9. The molecule has 1 aromatic rings. The fraction of sp³-hybridized carbons (Fsp3) is 0.556. The molecule has 4 atom stereocenters. The van der Waals surface area contributed by atoms with Crippen LogP contribution in [-0.2, 0) is 4.74 Å². The van der Waals surface area contributed by atoms with Crippen LogP contribution in [0.1, 0.15) is 6.23 Å². The Morgan fingerprint density at radius 3 is 2.59 bits per heavy atom. The first-order valence-electron chi connectivity index (χ1n) is 4.98. The zero-order chi connectivity index (χ0) is 12.6. The Kier molecular flexibility index (Phi) is 3.11. The van der Waals surface area contributed by atoms with E-state index in [9.17, 15) is 19.8 Å². The highest BCUT2D eigenvalue weighted by Gasteiger charge is 2.43. The van der Waals surface area contributed by atoms with Gasteiger partial charge in [-0.25, -0.2) is 4.79 Å². The number of aromatic nitrogens is 2. The predicted octanol–water partition coefficient (Wildman–Crippen LogP) is -2.85. The molecule has 0 amide bonds. The summed E-state index contributed by atoms with van der Waals surface area (Å²) in [4.78, 5) is 24.3. The maximum Gasteiger partial charge on any atom is 0.330 e. The first kappa shape index (κ1) is 12.0. The summed E-state index contributed by atoms with van der Waals surface area (Å²) >= 11 is 0. The molecule has 1 saturated heterocycles. The van der Waals surface area contributed by atoms with E-state index in [0.717, 1.165) is 16.8 Å². The van der Waals surface area contributed by atoms with Crippen molar-refractivity contribution in [2.75, 3.05) is 6.61 Å². The molecule has 1 aromatic heterocycles. The number of hydrogen-bond acceptors (Lipinski definition) is 6. The monoisotopic (exact) mass is 244 g/mol. The van der Waals surface area contributed by atoms with E-state index in [0.29, 0.717) is 0 Å². The van der Waals surface area contributed by atoms with Crippen LogP contribution >= 0.6 is 0 Å². The van der Waals surface area contributed by atoms with Gasteiger partial charge < -0.3 is 20.1 Å². The second kappa shape index (κ2) is 4.41. The minimum absolute atomic E-state index is 0.479. The van der Waals surface area contributed by atoms with Crippen molar-refractivity contribution in [2.24, 2.45) is 0 Å². The van der Waals surface area contributed by atoms with E-state index in [-0.39, 0.29) is 0 Å². The van der Waals surface area contributed by atoms with Crippen molar-refractivity contribution in [3.63, 3.8) is 0 Å². The van der Waals surface area contributed by atoms with E-state index in [2.05, 4.69) is 0 Å². The molecular formula is C9H12N2O6. The fourth-order valence-corrected chi connectivity index (χ4v) is 1.74. The quantitative estimate of drug-likeness (QED) is 0.444. The Bertz CT molecular complexity index is 509. The van der Waals surface area contributed by atoms with Crippen molar-refractivity contribution < 1.29 is 20.1 Å². The van der Waals surface area contributed by atoms with Gasteiger partial charge in [0.1, 0.15) is 18.3 Å². The molecule has 0 aromatic carbocycles. The molecule has 0 saturated carbocycles.